The average Bonchev–Trinajstić information content (AvgIpc) is 3.26. The minimum atomic E-state index is -0.232. The van der Waals surface area contributed by atoms with Gasteiger partial charge in [-0.25, -0.2) is 4.98 Å². The molecule has 3 nitrogen and oxygen atoms in total. The molecule has 0 bridgehead atoms. The van der Waals surface area contributed by atoms with Gasteiger partial charge < -0.3 is 9.72 Å². The van der Waals surface area contributed by atoms with Gasteiger partial charge in [0.2, 0.25) is 0 Å². The summed E-state index contributed by atoms with van der Waals surface area (Å²) in [5.41, 5.74) is 1.03. The Bertz CT molecular complexity index is 513. The summed E-state index contributed by atoms with van der Waals surface area (Å²) in [6.07, 6.45) is 9.72. The number of nitrogens with one attached hydrogen (secondary N) is 1. The van der Waals surface area contributed by atoms with Crippen molar-refractivity contribution in [1.82, 2.24) is 9.97 Å². The highest BCUT2D eigenvalue weighted by molar-refractivity contribution is 7.71. The van der Waals surface area contributed by atoms with E-state index >= 15 is 0 Å². The van der Waals surface area contributed by atoms with Crippen LogP contribution in [0.5, 0.6) is 0 Å². The first-order chi connectivity index (χ1) is 9.73. The maximum absolute atomic E-state index is 6.21. The van der Waals surface area contributed by atoms with Gasteiger partial charge in [-0.15, -0.1) is 0 Å². The van der Waals surface area contributed by atoms with E-state index in [2.05, 4.69) is 16.9 Å². The molecule has 1 heterocycles. The monoisotopic (exact) mass is 292 g/mol. The molecule has 3 rings (SSSR count). The Morgan fingerprint density at radius 1 is 1.30 bits per heavy atom. The Morgan fingerprint density at radius 3 is 2.60 bits per heavy atom. The highest BCUT2D eigenvalue weighted by Gasteiger charge is 2.37. The van der Waals surface area contributed by atoms with Gasteiger partial charge in [-0.2, -0.15) is 0 Å². The quantitative estimate of drug-likeness (QED) is 0.651. The minimum absolute atomic E-state index is 0.232. The van der Waals surface area contributed by atoms with E-state index in [1.807, 2.05) is 6.07 Å². The van der Waals surface area contributed by atoms with Crippen molar-refractivity contribution in [2.24, 2.45) is 0 Å². The predicted octanol–water partition coefficient (Wildman–Crippen LogP) is 4.60. The molecule has 2 saturated carbocycles. The van der Waals surface area contributed by atoms with Crippen LogP contribution >= 0.6 is 12.2 Å². The Balaban J connectivity index is 1.99. The van der Waals surface area contributed by atoms with Crippen LogP contribution < -0.4 is 0 Å². The van der Waals surface area contributed by atoms with Crippen molar-refractivity contribution in [1.29, 1.82) is 0 Å². The summed E-state index contributed by atoms with van der Waals surface area (Å²) in [5, 5.41) is 0. The maximum atomic E-state index is 6.21. The molecule has 1 aromatic heterocycles. The molecule has 1 aromatic rings. The van der Waals surface area contributed by atoms with Crippen LogP contribution in [-0.4, -0.2) is 16.6 Å². The zero-order chi connectivity index (χ0) is 14.0. The fourth-order valence-corrected chi connectivity index (χ4v) is 3.55. The van der Waals surface area contributed by atoms with Crippen LogP contribution in [0.2, 0.25) is 0 Å². The van der Waals surface area contributed by atoms with Crippen LogP contribution in [0.15, 0.2) is 6.07 Å². The lowest BCUT2D eigenvalue weighted by molar-refractivity contribution is -0.0626. The van der Waals surface area contributed by atoms with Crippen molar-refractivity contribution in [2.75, 3.05) is 6.61 Å². The van der Waals surface area contributed by atoms with Crippen molar-refractivity contribution < 1.29 is 4.74 Å². The number of aromatic amines is 1. The lowest BCUT2D eigenvalue weighted by Crippen LogP contribution is -2.32. The minimum Gasteiger partial charge on any atom is -0.367 e. The largest absolute Gasteiger partial charge is 0.367 e. The summed E-state index contributed by atoms with van der Waals surface area (Å²) in [6, 6.07) is 2.03. The third-order valence-corrected chi connectivity index (χ3v) is 4.75. The Hall–Kier alpha value is -0.740. The number of H-pyrrole nitrogens is 1. The van der Waals surface area contributed by atoms with Gasteiger partial charge in [-0.3, -0.25) is 0 Å². The number of nitrogens with zero attached hydrogens (tertiary/aromatic N) is 1. The molecule has 0 aromatic carbocycles. The average molecular weight is 292 g/mol. The second-order valence-corrected chi connectivity index (χ2v) is 6.56. The summed E-state index contributed by atoms with van der Waals surface area (Å²) in [4.78, 5) is 8.20. The molecule has 0 atom stereocenters. The number of ether oxygens (including phenoxy) is 1. The van der Waals surface area contributed by atoms with Gasteiger partial charge in [0, 0.05) is 12.3 Å². The van der Waals surface area contributed by atoms with Crippen LogP contribution in [0.25, 0.3) is 0 Å². The molecule has 0 aliphatic heterocycles. The third-order valence-electron chi connectivity index (χ3n) is 4.54. The van der Waals surface area contributed by atoms with Gasteiger partial charge in [0.25, 0.3) is 0 Å². The smallest absolute Gasteiger partial charge is 0.140 e. The van der Waals surface area contributed by atoms with Crippen molar-refractivity contribution in [3.05, 3.63) is 22.2 Å². The molecule has 2 fully saturated rings. The predicted molar refractivity (Wildman–Crippen MR) is 82.4 cm³/mol. The lowest BCUT2D eigenvalue weighted by atomic mass is 9.92. The maximum Gasteiger partial charge on any atom is 0.140 e. The second-order valence-electron chi connectivity index (χ2n) is 6.14. The Morgan fingerprint density at radius 2 is 2.00 bits per heavy atom. The van der Waals surface area contributed by atoms with Crippen molar-refractivity contribution in [3.63, 3.8) is 0 Å². The molecule has 0 amide bonds. The molecule has 20 heavy (non-hydrogen) atoms. The number of rotatable bonds is 4. The zero-order valence-corrected chi connectivity index (χ0v) is 13.1. The standard InChI is InChI=1S/C16H24N2OS/c1-2-19-16(9-5-3-4-6-10-16)15-17-13(12-7-8-12)11-14(20)18-15/h11-12H,2-10H2,1H3,(H,17,18,20). The van der Waals surface area contributed by atoms with E-state index in [-0.39, 0.29) is 5.60 Å². The van der Waals surface area contributed by atoms with E-state index in [4.69, 9.17) is 17.0 Å². The normalized spacial score (nSPS) is 22.4. The summed E-state index contributed by atoms with van der Waals surface area (Å²) in [6.45, 7) is 2.81. The highest BCUT2D eigenvalue weighted by Crippen LogP contribution is 2.41. The van der Waals surface area contributed by atoms with E-state index in [9.17, 15) is 0 Å². The number of aromatic nitrogens is 2. The molecule has 2 aliphatic carbocycles. The summed E-state index contributed by atoms with van der Waals surface area (Å²) < 4.78 is 6.92. The van der Waals surface area contributed by atoms with Crippen LogP contribution in [-0.2, 0) is 10.3 Å². The fraction of sp³-hybridized carbons (Fsp3) is 0.750. The SMILES string of the molecule is CCOC1(c2nc(=S)cc(C3CC3)[nH]2)CCCCCC1. The van der Waals surface area contributed by atoms with Crippen molar-refractivity contribution >= 4 is 12.2 Å². The molecule has 0 saturated heterocycles. The Kier molecular flexibility index (Phi) is 4.22. The van der Waals surface area contributed by atoms with E-state index < -0.39 is 0 Å². The van der Waals surface area contributed by atoms with Gasteiger partial charge in [0.15, 0.2) is 0 Å². The molecule has 110 valence electrons. The van der Waals surface area contributed by atoms with Crippen LogP contribution in [0.1, 0.15) is 75.7 Å². The van der Waals surface area contributed by atoms with Crippen LogP contribution in [0.4, 0.5) is 0 Å². The lowest BCUT2D eigenvalue weighted by Gasteiger charge is -2.32. The number of hydrogen-bond acceptors (Lipinski definition) is 3. The third kappa shape index (κ3) is 2.96. The second kappa shape index (κ2) is 5.94. The molecule has 0 radical (unpaired) electrons. The Labute approximate surface area is 126 Å². The molecule has 1 N–H and O–H groups in total. The van der Waals surface area contributed by atoms with Crippen molar-refractivity contribution in [2.45, 2.75) is 69.8 Å². The zero-order valence-electron chi connectivity index (χ0n) is 12.3. The molecular weight excluding hydrogens is 268 g/mol. The van der Waals surface area contributed by atoms with Crippen molar-refractivity contribution in [3.8, 4) is 0 Å². The van der Waals surface area contributed by atoms with Gasteiger partial charge in [0.05, 0.1) is 0 Å². The van der Waals surface area contributed by atoms with Gasteiger partial charge in [0.1, 0.15) is 16.1 Å². The van der Waals surface area contributed by atoms with Gasteiger partial charge in [-0.05, 0) is 44.6 Å². The first-order valence-electron chi connectivity index (χ1n) is 7.99. The fourth-order valence-electron chi connectivity index (χ4n) is 3.33. The van der Waals surface area contributed by atoms with E-state index in [1.165, 1.54) is 44.2 Å². The highest BCUT2D eigenvalue weighted by atomic mass is 32.1. The first kappa shape index (κ1) is 14.2. The summed E-state index contributed by atoms with van der Waals surface area (Å²) in [5.74, 6) is 1.65. The van der Waals surface area contributed by atoms with Gasteiger partial charge >= 0.3 is 0 Å². The van der Waals surface area contributed by atoms with Crippen LogP contribution in [0, 0.1) is 4.64 Å². The van der Waals surface area contributed by atoms with Crippen LogP contribution in [0.3, 0.4) is 0 Å². The van der Waals surface area contributed by atoms with E-state index in [0.717, 1.165) is 25.3 Å². The van der Waals surface area contributed by atoms with E-state index in [0.29, 0.717) is 10.6 Å². The topological polar surface area (TPSA) is 37.9 Å². The molecule has 4 heteroatoms. The number of hydrogen-bond donors (Lipinski definition) is 1. The molecule has 2 aliphatic rings. The first-order valence-corrected chi connectivity index (χ1v) is 8.40. The summed E-state index contributed by atoms with van der Waals surface area (Å²) in [7, 11) is 0. The summed E-state index contributed by atoms with van der Waals surface area (Å²) >= 11 is 5.38. The molecule has 0 spiro atoms. The van der Waals surface area contributed by atoms with Gasteiger partial charge in [-0.1, -0.05) is 37.9 Å². The molecular formula is C16H24N2OS. The molecule has 0 unspecified atom stereocenters. The van der Waals surface area contributed by atoms with E-state index in [1.54, 1.807) is 0 Å².